The standard InChI is InChI=1S/C35H39NO3.CH4O/c1-2-3-6-28-9-11-29(12-10-28)13-14-30-15-17-31(18-16-30)24-36(35(39)22-20-27-7-4-5-8-27)25-32-19-21-34(38)33(23-32)26-37;1-2/h9-12,15-19,21,23,26-27,38H,2-8,20,22,24-25H2,1H3;2H,1H3. The Morgan fingerprint density at radius 1 is 0.878 bits per heavy atom. The van der Waals surface area contributed by atoms with Crippen LogP contribution in [0.2, 0.25) is 0 Å². The molecule has 0 unspecified atom stereocenters. The van der Waals surface area contributed by atoms with Gasteiger partial charge in [0.15, 0.2) is 6.29 Å². The number of hydrogen-bond donors (Lipinski definition) is 2. The van der Waals surface area contributed by atoms with Gasteiger partial charge in [0, 0.05) is 37.7 Å². The van der Waals surface area contributed by atoms with Gasteiger partial charge < -0.3 is 15.1 Å². The van der Waals surface area contributed by atoms with E-state index in [0.29, 0.717) is 31.7 Å². The topological polar surface area (TPSA) is 77.8 Å². The predicted octanol–water partition coefficient (Wildman–Crippen LogP) is 7.05. The number of phenolic OH excluding ortho intramolecular Hbond substituents is 1. The molecule has 2 N–H and O–H groups in total. The van der Waals surface area contributed by atoms with Crippen molar-refractivity contribution in [3.63, 3.8) is 0 Å². The second-order valence-corrected chi connectivity index (χ2v) is 10.7. The third-order valence-corrected chi connectivity index (χ3v) is 7.64. The second-order valence-electron chi connectivity index (χ2n) is 10.7. The first-order chi connectivity index (χ1) is 20.0. The quantitative estimate of drug-likeness (QED) is 0.197. The largest absolute Gasteiger partial charge is 0.507 e. The maximum absolute atomic E-state index is 13.3. The number of nitrogens with zero attached hydrogens (tertiary/aromatic N) is 1. The number of amides is 1. The molecule has 1 aliphatic rings. The normalized spacial score (nSPS) is 12.6. The molecule has 3 aromatic rings. The van der Waals surface area contributed by atoms with E-state index in [1.54, 1.807) is 12.1 Å². The van der Waals surface area contributed by atoms with Crippen LogP contribution in [0, 0.1) is 17.8 Å². The van der Waals surface area contributed by atoms with Crippen LogP contribution in [0.25, 0.3) is 0 Å². The summed E-state index contributed by atoms with van der Waals surface area (Å²) in [6.07, 6.45) is 10.6. The molecule has 0 bridgehead atoms. The highest BCUT2D eigenvalue weighted by Crippen LogP contribution is 2.29. The third kappa shape index (κ3) is 10.2. The third-order valence-electron chi connectivity index (χ3n) is 7.64. The van der Waals surface area contributed by atoms with Gasteiger partial charge >= 0.3 is 0 Å². The van der Waals surface area contributed by atoms with E-state index in [0.717, 1.165) is 42.2 Å². The molecule has 0 aliphatic heterocycles. The van der Waals surface area contributed by atoms with Gasteiger partial charge in [-0.3, -0.25) is 9.59 Å². The van der Waals surface area contributed by atoms with Gasteiger partial charge in [-0.15, -0.1) is 0 Å². The summed E-state index contributed by atoms with van der Waals surface area (Å²) in [5.41, 5.74) is 5.38. The van der Waals surface area contributed by atoms with E-state index in [4.69, 9.17) is 5.11 Å². The lowest BCUT2D eigenvalue weighted by Gasteiger charge is -2.24. The van der Waals surface area contributed by atoms with Gasteiger partial charge in [-0.1, -0.05) is 81.2 Å². The number of aryl methyl sites for hydroxylation is 1. The minimum absolute atomic E-state index is 0.0444. The highest BCUT2D eigenvalue weighted by atomic mass is 16.3. The van der Waals surface area contributed by atoms with E-state index in [-0.39, 0.29) is 17.2 Å². The van der Waals surface area contributed by atoms with E-state index < -0.39 is 0 Å². The number of phenols is 1. The van der Waals surface area contributed by atoms with Crippen molar-refractivity contribution in [2.24, 2.45) is 5.92 Å². The van der Waals surface area contributed by atoms with Crippen molar-refractivity contribution < 1.29 is 19.8 Å². The molecule has 1 fully saturated rings. The molecule has 1 saturated carbocycles. The molecule has 216 valence electrons. The molecular formula is C36H43NO4. The van der Waals surface area contributed by atoms with Crippen LogP contribution < -0.4 is 0 Å². The zero-order valence-electron chi connectivity index (χ0n) is 24.4. The molecule has 1 aliphatic carbocycles. The second kappa shape index (κ2) is 17.0. The molecule has 41 heavy (non-hydrogen) atoms. The van der Waals surface area contributed by atoms with Crippen LogP contribution in [-0.4, -0.2) is 34.4 Å². The van der Waals surface area contributed by atoms with Gasteiger partial charge in [-0.05, 0) is 78.3 Å². The number of aldehydes is 1. The fourth-order valence-electron chi connectivity index (χ4n) is 5.23. The van der Waals surface area contributed by atoms with Gasteiger partial charge in [-0.2, -0.15) is 0 Å². The highest BCUT2D eigenvalue weighted by Gasteiger charge is 2.20. The van der Waals surface area contributed by atoms with Crippen molar-refractivity contribution in [2.75, 3.05) is 7.11 Å². The van der Waals surface area contributed by atoms with Crippen molar-refractivity contribution in [1.82, 2.24) is 4.90 Å². The Kier molecular flexibility index (Phi) is 13.2. The molecule has 0 saturated heterocycles. The Bertz CT molecular complexity index is 1300. The van der Waals surface area contributed by atoms with Crippen LogP contribution in [0.1, 0.15) is 96.5 Å². The summed E-state index contributed by atoms with van der Waals surface area (Å²) in [6.45, 7) is 3.08. The Balaban J connectivity index is 0.00000226. The molecule has 0 radical (unpaired) electrons. The molecule has 5 heteroatoms. The van der Waals surface area contributed by atoms with Crippen molar-refractivity contribution in [2.45, 2.75) is 77.8 Å². The van der Waals surface area contributed by atoms with Crippen molar-refractivity contribution >= 4 is 12.2 Å². The molecule has 0 aromatic heterocycles. The zero-order chi connectivity index (χ0) is 29.5. The Morgan fingerprint density at radius 3 is 2.02 bits per heavy atom. The number of aromatic hydroxyl groups is 1. The maximum Gasteiger partial charge on any atom is 0.223 e. The van der Waals surface area contributed by atoms with Gasteiger partial charge in [-0.25, -0.2) is 0 Å². The number of hydrogen-bond acceptors (Lipinski definition) is 4. The lowest BCUT2D eigenvalue weighted by molar-refractivity contribution is -0.132. The molecule has 3 aromatic carbocycles. The van der Waals surface area contributed by atoms with Crippen LogP contribution >= 0.6 is 0 Å². The highest BCUT2D eigenvalue weighted by molar-refractivity contribution is 5.79. The fourth-order valence-corrected chi connectivity index (χ4v) is 5.23. The maximum atomic E-state index is 13.3. The van der Waals surface area contributed by atoms with Gasteiger partial charge in [0.25, 0.3) is 0 Å². The van der Waals surface area contributed by atoms with E-state index in [9.17, 15) is 14.7 Å². The van der Waals surface area contributed by atoms with Crippen LogP contribution in [0.5, 0.6) is 5.75 Å². The van der Waals surface area contributed by atoms with Crippen LogP contribution in [0.4, 0.5) is 0 Å². The van der Waals surface area contributed by atoms with E-state index in [1.165, 1.54) is 50.2 Å². The molecular weight excluding hydrogens is 510 g/mol. The molecule has 4 rings (SSSR count). The number of rotatable bonds is 11. The number of carbonyl (C=O) groups is 2. The minimum Gasteiger partial charge on any atom is -0.507 e. The average Bonchev–Trinajstić information content (AvgIpc) is 3.54. The first-order valence-electron chi connectivity index (χ1n) is 14.7. The van der Waals surface area contributed by atoms with Crippen LogP contribution in [0.15, 0.2) is 66.7 Å². The fraction of sp³-hybridized carbons (Fsp3) is 0.389. The lowest BCUT2D eigenvalue weighted by Crippen LogP contribution is -2.30. The molecule has 5 nitrogen and oxygen atoms in total. The van der Waals surface area contributed by atoms with Crippen molar-refractivity contribution in [3.05, 3.63) is 100 Å². The van der Waals surface area contributed by atoms with E-state index in [2.05, 4.69) is 43.0 Å². The monoisotopic (exact) mass is 553 g/mol. The summed E-state index contributed by atoms with van der Waals surface area (Å²) in [6, 6.07) is 21.5. The van der Waals surface area contributed by atoms with Crippen molar-refractivity contribution in [3.8, 4) is 17.6 Å². The number of aliphatic hydroxyl groups is 1. The first kappa shape index (κ1) is 31.6. The number of carbonyl (C=O) groups excluding carboxylic acids is 2. The zero-order valence-corrected chi connectivity index (χ0v) is 24.4. The minimum atomic E-state index is -0.0444. The van der Waals surface area contributed by atoms with E-state index in [1.807, 2.05) is 29.2 Å². The Hall–Kier alpha value is -3.88. The lowest BCUT2D eigenvalue weighted by atomic mass is 10.0. The first-order valence-corrected chi connectivity index (χ1v) is 14.7. The summed E-state index contributed by atoms with van der Waals surface area (Å²) in [5, 5.41) is 16.9. The van der Waals surface area contributed by atoms with Gasteiger partial charge in [0.1, 0.15) is 5.75 Å². The molecule has 0 atom stereocenters. The van der Waals surface area contributed by atoms with Gasteiger partial charge in [0.2, 0.25) is 5.91 Å². The summed E-state index contributed by atoms with van der Waals surface area (Å²) >= 11 is 0. The molecule has 1 amide bonds. The average molecular weight is 554 g/mol. The van der Waals surface area contributed by atoms with Crippen LogP contribution in [-0.2, 0) is 24.3 Å². The Morgan fingerprint density at radius 2 is 1.44 bits per heavy atom. The summed E-state index contributed by atoms with van der Waals surface area (Å²) in [7, 11) is 1.00. The number of unbranched alkanes of at least 4 members (excludes halogenated alkanes) is 1. The number of benzene rings is 3. The summed E-state index contributed by atoms with van der Waals surface area (Å²) in [4.78, 5) is 26.5. The molecule has 0 spiro atoms. The Labute approximate surface area is 245 Å². The smallest absolute Gasteiger partial charge is 0.223 e. The van der Waals surface area contributed by atoms with Crippen molar-refractivity contribution in [1.29, 1.82) is 0 Å². The van der Waals surface area contributed by atoms with E-state index >= 15 is 0 Å². The van der Waals surface area contributed by atoms with Crippen LogP contribution in [0.3, 0.4) is 0 Å². The summed E-state index contributed by atoms with van der Waals surface area (Å²) < 4.78 is 0. The number of aliphatic hydroxyl groups excluding tert-OH is 1. The molecule has 0 heterocycles. The summed E-state index contributed by atoms with van der Waals surface area (Å²) in [5.74, 6) is 7.22. The predicted molar refractivity (Wildman–Crippen MR) is 165 cm³/mol. The SMILES string of the molecule is CCCCc1ccc(C#Cc2ccc(CN(Cc3ccc(O)c(C=O)c3)C(=O)CCC3CCCC3)cc2)cc1.CO. The van der Waals surface area contributed by atoms with Gasteiger partial charge in [0.05, 0.1) is 5.56 Å².